The third-order valence-electron chi connectivity index (χ3n) is 4.38. The number of nitrogens with one attached hydrogen (secondary N) is 1. The highest BCUT2D eigenvalue weighted by Crippen LogP contribution is 2.29. The number of aromatic nitrogens is 1. The fraction of sp³-hybridized carbons (Fsp3) is 0.0435. The van der Waals surface area contributed by atoms with E-state index in [9.17, 15) is 9.59 Å². The van der Waals surface area contributed by atoms with Gasteiger partial charge in [-0.15, -0.1) is 0 Å². The van der Waals surface area contributed by atoms with E-state index < -0.39 is 18.5 Å². The molecule has 7 heteroatoms. The highest BCUT2D eigenvalue weighted by atomic mass is 16.5. The standard InChI is InChI=1S/C23H15N3O4/c24-13-15-6-9-18(10-7-15)25-21(27)14-29-23(28)17-8-11-20-19(12-17)22(30-26-20)16-4-2-1-3-5-16/h1-12H,14H2,(H,25,27). The van der Waals surface area contributed by atoms with Gasteiger partial charge in [0, 0.05) is 11.3 Å². The SMILES string of the molecule is N#Cc1ccc(NC(=O)COC(=O)c2ccc3noc(-c4ccccc4)c3c2)cc1. The smallest absolute Gasteiger partial charge is 0.338 e. The lowest BCUT2D eigenvalue weighted by Gasteiger charge is -2.07. The molecule has 30 heavy (non-hydrogen) atoms. The van der Waals surface area contributed by atoms with Crippen LogP contribution in [0.5, 0.6) is 0 Å². The Bertz CT molecular complexity index is 1260. The van der Waals surface area contributed by atoms with Crippen LogP contribution in [0.15, 0.2) is 77.3 Å². The van der Waals surface area contributed by atoms with Crippen molar-refractivity contribution >= 4 is 28.5 Å². The summed E-state index contributed by atoms with van der Waals surface area (Å²) in [4.78, 5) is 24.4. The second kappa shape index (κ2) is 8.29. The van der Waals surface area contributed by atoms with E-state index in [1.165, 1.54) is 0 Å². The molecule has 1 amide bonds. The van der Waals surface area contributed by atoms with Crippen LogP contribution >= 0.6 is 0 Å². The van der Waals surface area contributed by atoms with Crippen molar-refractivity contribution in [3.05, 3.63) is 83.9 Å². The number of carbonyl (C=O) groups excluding carboxylic acids is 2. The summed E-state index contributed by atoms with van der Waals surface area (Å²) in [6, 6.07) is 22.7. The van der Waals surface area contributed by atoms with Crippen LogP contribution in [-0.2, 0) is 9.53 Å². The van der Waals surface area contributed by atoms with E-state index in [0.29, 0.717) is 27.9 Å². The minimum absolute atomic E-state index is 0.286. The third-order valence-corrected chi connectivity index (χ3v) is 4.38. The summed E-state index contributed by atoms with van der Waals surface area (Å²) in [7, 11) is 0. The van der Waals surface area contributed by atoms with Crippen LogP contribution in [0, 0.1) is 11.3 Å². The van der Waals surface area contributed by atoms with Crippen molar-refractivity contribution in [3.63, 3.8) is 0 Å². The molecule has 0 bridgehead atoms. The fourth-order valence-electron chi connectivity index (χ4n) is 2.91. The predicted octanol–water partition coefficient (Wildman–Crippen LogP) is 4.16. The summed E-state index contributed by atoms with van der Waals surface area (Å²) < 4.78 is 10.6. The lowest BCUT2D eigenvalue weighted by Crippen LogP contribution is -2.20. The van der Waals surface area contributed by atoms with Crippen molar-refractivity contribution < 1.29 is 18.8 Å². The number of esters is 1. The van der Waals surface area contributed by atoms with Gasteiger partial charge >= 0.3 is 5.97 Å². The first-order valence-corrected chi connectivity index (χ1v) is 9.06. The fourth-order valence-corrected chi connectivity index (χ4v) is 2.91. The number of anilines is 1. The number of nitriles is 1. The number of ether oxygens (including phenoxy) is 1. The number of nitrogens with zero attached hydrogens (tertiary/aromatic N) is 2. The van der Waals surface area contributed by atoms with Crippen LogP contribution in [0.4, 0.5) is 5.69 Å². The Labute approximate surface area is 171 Å². The number of hydrogen-bond donors (Lipinski definition) is 1. The number of benzene rings is 3. The van der Waals surface area contributed by atoms with Gasteiger partial charge in [0.2, 0.25) is 0 Å². The first kappa shape index (κ1) is 18.9. The number of carbonyl (C=O) groups is 2. The summed E-state index contributed by atoms with van der Waals surface area (Å²) in [6.07, 6.45) is 0. The monoisotopic (exact) mass is 397 g/mol. The second-order valence-electron chi connectivity index (χ2n) is 6.42. The van der Waals surface area contributed by atoms with Gasteiger partial charge in [0.15, 0.2) is 12.4 Å². The zero-order valence-electron chi connectivity index (χ0n) is 15.7. The van der Waals surface area contributed by atoms with Crippen molar-refractivity contribution in [1.29, 1.82) is 5.26 Å². The maximum absolute atomic E-state index is 12.4. The van der Waals surface area contributed by atoms with Gasteiger partial charge in [-0.05, 0) is 42.5 Å². The topological polar surface area (TPSA) is 105 Å². The Hall–Kier alpha value is -4.44. The first-order valence-electron chi connectivity index (χ1n) is 9.06. The first-order chi connectivity index (χ1) is 14.6. The van der Waals surface area contributed by atoms with Crippen LogP contribution in [0.2, 0.25) is 0 Å². The Morgan fingerprint density at radius 3 is 2.53 bits per heavy atom. The number of amides is 1. The van der Waals surface area contributed by atoms with Crippen molar-refractivity contribution in [3.8, 4) is 17.4 Å². The Morgan fingerprint density at radius 2 is 1.80 bits per heavy atom. The van der Waals surface area contributed by atoms with Gasteiger partial charge in [0.25, 0.3) is 5.91 Å². The van der Waals surface area contributed by atoms with E-state index >= 15 is 0 Å². The highest BCUT2D eigenvalue weighted by Gasteiger charge is 2.15. The average molecular weight is 397 g/mol. The lowest BCUT2D eigenvalue weighted by molar-refractivity contribution is -0.119. The maximum atomic E-state index is 12.4. The zero-order chi connectivity index (χ0) is 20.9. The average Bonchev–Trinajstić information content (AvgIpc) is 3.22. The molecule has 0 spiro atoms. The molecule has 0 unspecified atom stereocenters. The molecule has 0 aliphatic rings. The Morgan fingerprint density at radius 1 is 1.03 bits per heavy atom. The lowest BCUT2D eigenvalue weighted by atomic mass is 10.1. The largest absolute Gasteiger partial charge is 0.452 e. The van der Waals surface area contributed by atoms with Gasteiger partial charge in [-0.1, -0.05) is 35.5 Å². The predicted molar refractivity (Wildman–Crippen MR) is 110 cm³/mol. The van der Waals surface area contributed by atoms with E-state index in [-0.39, 0.29) is 5.56 Å². The van der Waals surface area contributed by atoms with Crippen molar-refractivity contribution in [1.82, 2.24) is 5.16 Å². The molecule has 0 fully saturated rings. The molecule has 0 atom stereocenters. The Balaban J connectivity index is 1.44. The van der Waals surface area contributed by atoms with E-state index in [4.69, 9.17) is 14.5 Å². The maximum Gasteiger partial charge on any atom is 0.338 e. The summed E-state index contributed by atoms with van der Waals surface area (Å²) in [5.74, 6) is -0.560. The summed E-state index contributed by atoms with van der Waals surface area (Å²) in [6.45, 7) is -0.438. The summed E-state index contributed by atoms with van der Waals surface area (Å²) in [5, 5.41) is 16.1. The van der Waals surface area contributed by atoms with Gasteiger partial charge in [0.05, 0.1) is 22.6 Å². The second-order valence-corrected chi connectivity index (χ2v) is 6.42. The molecule has 146 valence electrons. The van der Waals surface area contributed by atoms with Crippen molar-refractivity contribution in [2.24, 2.45) is 0 Å². The molecule has 4 rings (SSSR count). The number of hydrogen-bond acceptors (Lipinski definition) is 6. The molecule has 0 radical (unpaired) electrons. The molecule has 0 aliphatic heterocycles. The van der Waals surface area contributed by atoms with Gasteiger partial charge in [0.1, 0.15) is 5.52 Å². The molecular weight excluding hydrogens is 382 g/mol. The summed E-state index contributed by atoms with van der Waals surface area (Å²) in [5.41, 5.74) is 2.73. The molecule has 0 saturated heterocycles. The molecule has 1 aromatic heterocycles. The number of rotatable bonds is 5. The molecule has 7 nitrogen and oxygen atoms in total. The minimum atomic E-state index is -0.632. The van der Waals surface area contributed by atoms with Crippen LogP contribution in [0.3, 0.4) is 0 Å². The molecule has 1 N–H and O–H groups in total. The van der Waals surface area contributed by atoms with Crippen LogP contribution in [0.25, 0.3) is 22.2 Å². The molecule has 0 saturated carbocycles. The van der Waals surface area contributed by atoms with E-state index in [1.54, 1.807) is 42.5 Å². The van der Waals surface area contributed by atoms with Gasteiger partial charge < -0.3 is 14.6 Å². The molecular formula is C23H15N3O4. The van der Waals surface area contributed by atoms with Crippen molar-refractivity contribution in [2.75, 3.05) is 11.9 Å². The molecule has 4 aromatic rings. The van der Waals surface area contributed by atoms with E-state index in [0.717, 1.165) is 5.56 Å². The van der Waals surface area contributed by atoms with Crippen LogP contribution in [0.1, 0.15) is 15.9 Å². The van der Waals surface area contributed by atoms with Crippen LogP contribution < -0.4 is 5.32 Å². The van der Waals surface area contributed by atoms with E-state index in [1.807, 2.05) is 36.4 Å². The Kier molecular flexibility index (Phi) is 5.22. The van der Waals surface area contributed by atoms with Crippen LogP contribution in [-0.4, -0.2) is 23.6 Å². The molecule has 3 aromatic carbocycles. The van der Waals surface area contributed by atoms with Crippen molar-refractivity contribution in [2.45, 2.75) is 0 Å². The van der Waals surface area contributed by atoms with Gasteiger partial charge in [-0.2, -0.15) is 5.26 Å². The van der Waals surface area contributed by atoms with Gasteiger partial charge in [-0.3, -0.25) is 4.79 Å². The van der Waals surface area contributed by atoms with E-state index in [2.05, 4.69) is 10.5 Å². The quantitative estimate of drug-likeness (QED) is 0.507. The normalized spacial score (nSPS) is 10.4. The van der Waals surface area contributed by atoms with Gasteiger partial charge in [-0.25, -0.2) is 4.79 Å². The highest BCUT2D eigenvalue weighted by molar-refractivity contribution is 6.00. The molecule has 1 heterocycles. The summed E-state index contributed by atoms with van der Waals surface area (Å²) >= 11 is 0. The minimum Gasteiger partial charge on any atom is -0.452 e. The number of fused-ring (bicyclic) bond motifs is 1. The molecule has 0 aliphatic carbocycles. The zero-order valence-corrected chi connectivity index (χ0v) is 15.7. The third kappa shape index (κ3) is 4.03.